The molecular formula is C20H28FN3O2. The highest BCUT2D eigenvalue weighted by molar-refractivity contribution is 5.98. The number of hydrogen-bond donors (Lipinski definition) is 1. The first-order chi connectivity index (χ1) is 12.3. The topological polar surface area (TPSA) is 56.4 Å². The summed E-state index contributed by atoms with van der Waals surface area (Å²) in [5.41, 5.74) is 1.87. The number of halogens is 1. The van der Waals surface area contributed by atoms with E-state index in [9.17, 15) is 14.0 Å². The maximum Gasteiger partial charge on any atom is 0.269 e. The summed E-state index contributed by atoms with van der Waals surface area (Å²) in [5, 5.41) is 0.790. The fraction of sp³-hybridized carbons (Fsp3) is 0.500. The monoisotopic (exact) mass is 361 g/mol. The SMILES string of the molecule is CC(=O)N1CCCCC1.CCc1ccc(F)c2[nH]c(C(=O)N(C)C)cc12. The second-order valence-corrected chi connectivity index (χ2v) is 6.80. The molecule has 1 aromatic carbocycles. The van der Waals surface area contributed by atoms with Gasteiger partial charge in [0.1, 0.15) is 11.5 Å². The molecule has 3 rings (SSSR count). The Hall–Kier alpha value is -2.37. The maximum absolute atomic E-state index is 13.6. The van der Waals surface area contributed by atoms with Gasteiger partial charge in [-0.2, -0.15) is 0 Å². The Kier molecular flexibility index (Phi) is 6.77. The maximum atomic E-state index is 13.6. The lowest BCUT2D eigenvalue weighted by Crippen LogP contribution is -2.33. The standard InChI is InChI=1S/C13H15FN2O.C7H13NO/c1-4-8-5-6-10(14)12-9(8)7-11(15-12)13(17)16(2)3;1-7(9)8-5-3-2-4-6-8/h5-7,15H,4H2,1-3H3;2-6H2,1H3. The molecule has 5 nitrogen and oxygen atoms in total. The van der Waals surface area contributed by atoms with Gasteiger partial charge in [0.25, 0.3) is 5.91 Å². The van der Waals surface area contributed by atoms with Gasteiger partial charge in [-0.1, -0.05) is 13.0 Å². The van der Waals surface area contributed by atoms with Gasteiger partial charge < -0.3 is 14.8 Å². The van der Waals surface area contributed by atoms with Crippen LogP contribution in [0.5, 0.6) is 0 Å². The zero-order chi connectivity index (χ0) is 19.3. The summed E-state index contributed by atoms with van der Waals surface area (Å²) in [4.78, 5) is 28.8. The molecule has 0 bridgehead atoms. The highest BCUT2D eigenvalue weighted by Crippen LogP contribution is 2.23. The Morgan fingerprint density at radius 2 is 1.85 bits per heavy atom. The molecule has 0 saturated carbocycles. The van der Waals surface area contributed by atoms with Crippen molar-refractivity contribution in [1.82, 2.24) is 14.8 Å². The number of benzene rings is 1. The molecule has 1 fully saturated rings. The van der Waals surface area contributed by atoms with Gasteiger partial charge in [-0.15, -0.1) is 0 Å². The molecule has 0 unspecified atom stereocenters. The Morgan fingerprint density at radius 1 is 1.19 bits per heavy atom. The number of piperidine rings is 1. The van der Waals surface area contributed by atoms with E-state index in [2.05, 4.69) is 4.98 Å². The number of fused-ring (bicyclic) bond motifs is 1. The number of aromatic nitrogens is 1. The fourth-order valence-electron chi connectivity index (χ4n) is 3.12. The number of nitrogens with one attached hydrogen (secondary N) is 1. The van der Waals surface area contributed by atoms with Crippen LogP contribution in [0.4, 0.5) is 4.39 Å². The van der Waals surface area contributed by atoms with Gasteiger partial charge in [0.05, 0.1) is 5.52 Å². The van der Waals surface area contributed by atoms with Crippen molar-refractivity contribution in [2.24, 2.45) is 0 Å². The number of hydrogen-bond acceptors (Lipinski definition) is 2. The third-order valence-electron chi connectivity index (χ3n) is 4.65. The highest BCUT2D eigenvalue weighted by Gasteiger charge is 2.15. The number of carbonyl (C=O) groups excluding carboxylic acids is 2. The predicted octanol–water partition coefficient (Wildman–Crippen LogP) is 3.59. The van der Waals surface area contributed by atoms with E-state index in [0.717, 1.165) is 30.5 Å². The number of aromatic amines is 1. The number of carbonyl (C=O) groups is 2. The molecular weight excluding hydrogens is 333 g/mol. The number of nitrogens with zero attached hydrogens (tertiary/aromatic N) is 2. The smallest absolute Gasteiger partial charge is 0.269 e. The third kappa shape index (κ3) is 4.62. The second-order valence-electron chi connectivity index (χ2n) is 6.80. The molecule has 0 spiro atoms. The zero-order valence-electron chi connectivity index (χ0n) is 16.1. The van der Waals surface area contributed by atoms with E-state index in [0.29, 0.717) is 11.2 Å². The van der Waals surface area contributed by atoms with Gasteiger partial charge in [0, 0.05) is 39.5 Å². The van der Waals surface area contributed by atoms with Crippen molar-refractivity contribution in [2.45, 2.75) is 39.5 Å². The second kappa shape index (κ2) is 8.83. The minimum absolute atomic E-state index is 0.150. The molecule has 2 amide bonds. The number of likely N-dealkylation sites (tertiary alicyclic amines) is 1. The van der Waals surface area contributed by atoms with Gasteiger partial charge in [-0.05, 0) is 43.4 Å². The highest BCUT2D eigenvalue weighted by atomic mass is 19.1. The van der Waals surface area contributed by atoms with Crippen molar-refractivity contribution < 1.29 is 14.0 Å². The normalized spacial score (nSPS) is 14.0. The summed E-state index contributed by atoms with van der Waals surface area (Å²) in [6, 6.07) is 4.91. The Labute approximate surface area is 154 Å². The van der Waals surface area contributed by atoms with Crippen LogP contribution in [0.3, 0.4) is 0 Å². The van der Waals surface area contributed by atoms with Crippen molar-refractivity contribution in [3.8, 4) is 0 Å². The average Bonchev–Trinajstić information content (AvgIpc) is 3.09. The minimum atomic E-state index is -0.324. The summed E-state index contributed by atoms with van der Waals surface area (Å²) >= 11 is 0. The van der Waals surface area contributed by atoms with E-state index < -0.39 is 0 Å². The summed E-state index contributed by atoms with van der Waals surface area (Å²) in [6.07, 6.45) is 4.49. The minimum Gasteiger partial charge on any atom is -0.348 e. The van der Waals surface area contributed by atoms with E-state index in [4.69, 9.17) is 0 Å². The van der Waals surface area contributed by atoms with Crippen LogP contribution in [0, 0.1) is 5.82 Å². The molecule has 0 aliphatic carbocycles. The van der Waals surface area contributed by atoms with Crippen molar-refractivity contribution >= 4 is 22.7 Å². The summed E-state index contributed by atoms with van der Waals surface area (Å²) in [5.74, 6) is -0.243. The quantitative estimate of drug-likeness (QED) is 0.889. The van der Waals surface area contributed by atoms with Crippen LogP contribution in [-0.4, -0.2) is 53.8 Å². The molecule has 0 radical (unpaired) electrons. The Morgan fingerprint density at radius 3 is 2.35 bits per heavy atom. The van der Waals surface area contributed by atoms with Gasteiger partial charge in [-0.3, -0.25) is 9.59 Å². The van der Waals surface area contributed by atoms with Crippen LogP contribution in [0.1, 0.15) is 49.2 Å². The van der Waals surface area contributed by atoms with Crippen LogP contribution in [0.25, 0.3) is 10.9 Å². The summed E-state index contributed by atoms with van der Waals surface area (Å²) in [7, 11) is 3.34. The van der Waals surface area contributed by atoms with E-state index >= 15 is 0 Å². The lowest BCUT2D eigenvalue weighted by molar-refractivity contribution is -0.129. The fourth-order valence-corrected chi connectivity index (χ4v) is 3.12. The third-order valence-corrected chi connectivity index (χ3v) is 4.65. The van der Waals surface area contributed by atoms with Crippen LogP contribution < -0.4 is 0 Å². The lowest BCUT2D eigenvalue weighted by Gasteiger charge is -2.24. The van der Waals surface area contributed by atoms with Crippen LogP contribution in [0.2, 0.25) is 0 Å². The van der Waals surface area contributed by atoms with Gasteiger partial charge in [0.15, 0.2) is 0 Å². The molecule has 0 atom stereocenters. The van der Waals surface area contributed by atoms with Crippen molar-refractivity contribution in [3.63, 3.8) is 0 Å². The number of H-pyrrole nitrogens is 1. The van der Waals surface area contributed by atoms with E-state index in [1.54, 1.807) is 33.2 Å². The molecule has 1 aromatic heterocycles. The van der Waals surface area contributed by atoms with Crippen LogP contribution in [0.15, 0.2) is 18.2 Å². The first kappa shape index (κ1) is 19.9. The molecule has 142 valence electrons. The first-order valence-corrected chi connectivity index (χ1v) is 9.12. The average molecular weight is 361 g/mol. The molecule has 2 heterocycles. The van der Waals surface area contributed by atoms with E-state index in [-0.39, 0.29) is 17.6 Å². The van der Waals surface area contributed by atoms with Crippen molar-refractivity contribution in [3.05, 3.63) is 35.3 Å². The Balaban J connectivity index is 0.000000228. The molecule has 1 aliphatic rings. The van der Waals surface area contributed by atoms with Gasteiger partial charge >= 0.3 is 0 Å². The summed E-state index contributed by atoms with van der Waals surface area (Å²) in [6.45, 7) is 5.61. The van der Waals surface area contributed by atoms with Gasteiger partial charge in [-0.25, -0.2) is 4.39 Å². The predicted molar refractivity (Wildman–Crippen MR) is 102 cm³/mol. The Bertz CT molecular complexity index is 777. The first-order valence-electron chi connectivity index (χ1n) is 9.12. The van der Waals surface area contributed by atoms with Crippen LogP contribution in [-0.2, 0) is 11.2 Å². The molecule has 2 aromatic rings. The number of amides is 2. The largest absolute Gasteiger partial charge is 0.348 e. The zero-order valence-corrected chi connectivity index (χ0v) is 16.1. The molecule has 6 heteroatoms. The van der Waals surface area contributed by atoms with Gasteiger partial charge in [0.2, 0.25) is 5.91 Å². The van der Waals surface area contributed by atoms with Crippen LogP contribution >= 0.6 is 0 Å². The summed E-state index contributed by atoms with van der Waals surface area (Å²) < 4.78 is 13.6. The molecule has 1 N–H and O–H groups in total. The number of aryl methyl sites for hydroxylation is 1. The van der Waals surface area contributed by atoms with E-state index in [1.807, 2.05) is 11.8 Å². The van der Waals surface area contributed by atoms with Crippen molar-refractivity contribution in [1.29, 1.82) is 0 Å². The molecule has 1 aliphatic heterocycles. The van der Waals surface area contributed by atoms with E-state index in [1.165, 1.54) is 30.2 Å². The number of rotatable bonds is 2. The lowest BCUT2D eigenvalue weighted by atomic mass is 10.1. The molecule has 26 heavy (non-hydrogen) atoms. The van der Waals surface area contributed by atoms with Crippen molar-refractivity contribution in [2.75, 3.05) is 27.2 Å². The molecule has 1 saturated heterocycles.